The highest BCUT2D eigenvalue weighted by Gasteiger charge is 2.31. The molecule has 0 spiro atoms. The fourth-order valence-corrected chi connectivity index (χ4v) is 5.22. The second-order valence-electron chi connectivity index (χ2n) is 9.30. The molecular formula is C25H28N8O4S. The van der Waals surface area contributed by atoms with Gasteiger partial charge in [0.2, 0.25) is 17.8 Å². The molecule has 1 amide bonds. The lowest BCUT2D eigenvalue weighted by atomic mass is 10.0. The average molecular weight is 537 g/mol. The number of aromatic nitrogens is 5. The second-order valence-corrected chi connectivity index (χ2v) is 10.4. The van der Waals surface area contributed by atoms with Crippen LogP contribution in [-0.4, -0.2) is 69.9 Å². The van der Waals surface area contributed by atoms with Crippen molar-refractivity contribution in [1.82, 2.24) is 30.4 Å². The van der Waals surface area contributed by atoms with Crippen LogP contribution < -0.4 is 20.0 Å². The van der Waals surface area contributed by atoms with Crippen molar-refractivity contribution >= 4 is 39.4 Å². The lowest BCUT2D eigenvalue weighted by Crippen LogP contribution is -2.39. The summed E-state index contributed by atoms with van der Waals surface area (Å²) in [6.07, 6.45) is 6.25. The zero-order chi connectivity index (χ0) is 26.9. The molecule has 1 fully saturated rings. The minimum absolute atomic E-state index is 0.137. The number of anilines is 2. The summed E-state index contributed by atoms with van der Waals surface area (Å²) in [5.74, 6) is 1.00. The number of hydrogen-bond donors (Lipinski definition) is 2. The number of hydroxylamine groups is 1. The Morgan fingerprint density at radius 2 is 2.00 bits per heavy atom. The van der Waals surface area contributed by atoms with Crippen LogP contribution in [0.3, 0.4) is 0 Å². The summed E-state index contributed by atoms with van der Waals surface area (Å²) < 4.78 is 12.1. The number of nitrogens with zero attached hydrogens (tertiary/aromatic N) is 7. The van der Waals surface area contributed by atoms with Gasteiger partial charge in [0.1, 0.15) is 6.10 Å². The minimum atomic E-state index is -0.662. The molecular weight excluding hydrogens is 508 g/mol. The highest BCUT2D eigenvalue weighted by atomic mass is 32.1. The largest absolute Gasteiger partial charge is 0.481 e. The molecule has 0 saturated carbocycles. The van der Waals surface area contributed by atoms with Crippen LogP contribution >= 0.6 is 11.3 Å². The van der Waals surface area contributed by atoms with Gasteiger partial charge in [-0.1, -0.05) is 0 Å². The van der Waals surface area contributed by atoms with Crippen LogP contribution in [0.15, 0.2) is 43.0 Å². The Morgan fingerprint density at radius 1 is 1.21 bits per heavy atom. The van der Waals surface area contributed by atoms with Crippen LogP contribution in [0.4, 0.5) is 11.9 Å². The normalized spacial score (nSPS) is 15.9. The van der Waals surface area contributed by atoms with E-state index in [9.17, 15) is 4.79 Å². The number of carbonyl (C=O) groups is 1. The molecule has 198 valence electrons. The monoisotopic (exact) mass is 536 g/mol. The van der Waals surface area contributed by atoms with Gasteiger partial charge in [0, 0.05) is 48.7 Å². The van der Waals surface area contributed by atoms with E-state index in [1.54, 1.807) is 30.1 Å². The zero-order valence-corrected chi connectivity index (χ0v) is 22.3. The molecule has 1 unspecified atom stereocenters. The molecule has 0 aromatic carbocycles. The Hall–Kier alpha value is -3.94. The Bertz CT molecular complexity index is 1430. The molecule has 4 aromatic rings. The highest BCUT2D eigenvalue weighted by Crippen LogP contribution is 2.37. The topological polar surface area (TPSA) is 139 Å². The van der Waals surface area contributed by atoms with Crippen molar-refractivity contribution < 1.29 is 19.5 Å². The van der Waals surface area contributed by atoms with E-state index in [1.807, 2.05) is 30.3 Å². The molecule has 38 heavy (non-hydrogen) atoms. The van der Waals surface area contributed by atoms with E-state index in [2.05, 4.69) is 44.7 Å². The zero-order valence-electron chi connectivity index (χ0n) is 21.5. The number of hydrogen-bond acceptors (Lipinski definition) is 12. The fraction of sp³-hybridized carbons (Fsp3) is 0.360. The number of ether oxygens (including phenoxy) is 2. The van der Waals surface area contributed by atoms with Gasteiger partial charge in [-0.25, -0.2) is 30.4 Å². The van der Waals surface area contributed by atoms with Gasteiger partial charge < -0.3 is 19.3 Å². The Balaban J connectivity index is 1.35. The molecule has 2 N–H and O–H groups in total. The summed E-state index contributed by atoms with van der Waals surface area (Å²) >= 11 is 1.61. The number of carbonyl (C=O) groups excluding carboxylic acids is 1. The van der Waals surface area contributed by atoms with Gasteiger partial charge in [0.05, 0.1) is 47.8 Å². The van der Waals surface area contributed by atoms with Crippen molar-refractivity contribution in [3.8, 4) is 5.88 Å². The third-order valence-corrected chi connectivity index (χ3v) is 8.06. The van der Waals surface area contributed by atoms with Crippen LogP contribution in [0.25, 0.3) is 10.2 Å². The van der Waals surface area contributed by atoms with Gasteiger partial charge in [-0.3, -0.25) is 10.0 Å². The highest BCUT2D eigenvalue weighted by molar-refractivity contribution is 7.19. The van der Waals surface area contributed by atoms with Crippen molar-refractivity contribution in [2.24, 2.45) is 0 Å². The van der Waals surface area contributed by atoms with Crippen LogP contribution in [0, 0.1) is 0 Å². The molecule has 0 radical (unpaired) electrons. The first-order valence-electron chi connectivity index (χ1n) is 11.9. The van der Waals surface area contributed by atoms with E-state index in [-0.39, 0.29) is 11.7 Å². The van der Waals surface area contributed by atoms with Gasteiger partial charge >= 0.3 is 0 Å². The third kappa shape index (κ3) is 4.95. The number of rotatable bonds is 7. The van der Waals surface area contributed by atoms with Crippen molar-refractivity contribution in [2.75, 3.05) is 43.7 Å². The van der Waals surface area contributed by atoms with Gasteiger partial charge in [-0.2, -0.15) is 0 Å². The van der Waals surface area contributed by atoms with Gasteiger partial charge in [-0.15, -0.1) is 11.3 Å². The van der Waals surface area contributed by atoms with Gasteiger partial charge in [-0.05, 0) is 26.0 Å². The van der Waals surface area contributed by atoms with Crippen molar-refractivity contribution in [1.29, 1.82) is 0 Å². The SMILES string of the molecule is COc1ccc(C2CN(c3ncc4sc(C(C)(C)N(C)c5ncc(C(=O)NO)cn5)cc4n3)CCO2)cn1. The third-order valence-electron chi connectivity index (χ3n) is 6.69. The lowest BCUT2D eigenvalue weighted by Gasteiger charge is -2.34. The van der Waals surface area contributed by atoms with E-state index < -0.39 is 11.4 Å². The average Bonchev–Trinajstić information content (AvgIpc) is 3.41. The van der Waals surface area contributed by atoms with Crippen molar-refractivity contribution in [2.45, 2.75) is 25.5 Å². The lowest BCUT2D eigenvalue weighted by molar-refractivity contribution is 0.0390. The molecule has 0 bridgehead atoms. The Kier molecular flexibility index (Phi) is 7.06. The van der Waals surface area contributed by atoms with E-state index in [4.69, 9.17) is 19.7 Å². The summed E-state index contributed by atoms with van der Waals surface area (Å²) in [7, 11) is 3.49. The number of fused-ring (bicyclic) bond motifs is 1. The molecule has 1 atom stereocenters. The minimum Gasteiger partial charge on any atom is -0.481 e. The standard InChI is InChI=1S/C25H28N8O4S/c1-25(2,32(3)23-27-11-16(12-28-23)22(34)31-35)20-9-17-19(38-20)13-29-24(30-17)33-7-8-37-18(14-33)15-5-6-21(36-4)26-10-15/h5-6,9-13,18,35H,7-8,14H2,1-4H3,(H,31,34). The quantitative estimate of drug-likeness (QED) is 0.266. The molecule has 1 saturated heterocycles. The Morgan fingerprint density at radius 3 is 2.68 bits per heavy atom. The summed E-state index contributed by atoms with van der Waals surface area (Å²) in [4.78, 5) is 39.1. The molecule has 5 rings (SSSR count). The van der Waals surface area contributed by atoms with Gasteiger partial charge in [0.15, 0.2) is 0 Å². The first-order chi connectivity index (χ1) is 18.3. The van der Waals surface area contributed by atoms with Gasteiger partial charge in [0.25, 0.3) is 5.91 Å². The maximum Gasteiger partial charge on any atom is 0.277 e. The number of methoxy groups -OCH3 is 1. The first-order valence-corrected chi connectivity index (χ1v) is 12.8. The smallest absolute Gasteiger partial charge is 0.277 e. The fourth-order valence-electron chi connectivity index (χ4n) is 4.11. The maximum atomic E-state index is 11.6. The summed E-state index contributed by atoms with van der Waals surface area (Å²) in [5.41, 5.74) is 3.12. The number of thiophene rings is 1. The summed E-state index contributed by atoms with van der Waals surface area (Å²) in [6, 6.07) is 5.87. The van der Waals surface area contributed by atoms with Crippen LogP contribution in [0.1, 0.15) is 40.8 Å². The molecule has 1 aliphatic rings. The van der Waals surface area contributed by atoms with E-state index in [1.165, 1.54) is 12.4 Å². The number of amides is 1. The second kappa shape index (κ2) is 10.4. The summed E-state index contributed by atoms with van der Waals surface area (Å²) in [6.45, 7) is 6.01. The number of pyridine rings is 1. The molecule has 5 heterocycles. The van der Waals surface area contributed by atoms with Crippen molar-refractivity contribution in [3.63, 3.8) is 0 Å². The van der Waals surface area contributed by atoms with Crippen molar-refractivity contribution in [3.05, 3.63) is 59.0 Å². The van der Waals surface area contributed by atoms with Crippen LogP contribution in [-0.2, 0) is 10.3 Å². The summed E-state index contributed by atoms with van der Waals surface area (Å²) in [5, 5.41) is 8.81. The van der Waals surface area contributed by atoms with Crippen LogP contribution in [0.2, 0.25) is 0 Å². The predicted molar refractivity (Wildman–Crippen MR) is 142 cm³/mol. The molecule has 12 nitrogen and oxygen atoms in total. The van der Waals surface area contributed by atoms with E-state index >= 15 is 0 Å². The van der Waals surface area contributed by atoms with Crippen LogP contribution in [0.5, 0.6) is 5.88 Å². The number of morpholine rings is 1. The van der Waals surface area contributed by atoms with E-state index in [0.717, 1.165) is 20.7 Å². The number of nitrogens with one attached hydrogen (secondary N) is 1. The predicted octanol–water partition coefficient (Wildman–Crippen LogP) is 2.95. The maximum absolute atomic E-state index is 11.6. The molecule has 0 aliphatic carbocycles. The van der Waals surface area contributed by atoms with E-state index in [0.29, 0.717) is 37.5 Å². The molecule has 4 aromatic heterocycles. The molecule has 13 heteroatoms. The Labute approximate surface area is 223 Å². The molecule has 1 aliphatic heterocycles. The first kappa shape index (κ1) is 25.7.